The highest BCUT2D eigenvalue weighted by atomic mass is 32.1. The molecule has 0 atom stereocenters. The van der Waals surface area contributed by atoms with Crippen molar-refractivity contribution in [3.8, 4) is 0 Å². The highest BCUT2D eigenvalue weighted by molar-refractivity contribution is 7.81. The van der Waals surface area contributed by atoms with Crippen LogP contribution in [-0.2, 0) is 0 Å². The molecule has 0 aromatic rings. The third kappa shape index (κ3) is 5.58. The van der Waals surface area contributed by atoms with Crippen molar-refractivity contribution in [3.05, 3.63) is 0 Å². The van der Waals surface area contributed by atoms with Crippen molar-refractivity contribution in [2.24, 2.45) is 10.7 Å². The lowest BCUT2D eigenvalue weighted by molar-refractivity contribution is 1.30. The number of hydrogen-bond acceptors (Lipinski definition) is 2. The van der Waals surface area contributed by atoms with Crippen LogP contribution in [0.5, 0.6) is 0 Å². The van der Waals surface area contributed by atoms with Crippen LogP contribution >= 0.6 is 24.4 Å². The summed E-state index contributed by atoms with van der Waals surface area (Å²) in [4.78, 5) is 3.81. The Kier molecular flexibility index (Phi) is 4.96. The van der Waals surface area contributed by atoms with Crippen molar-refractivity contribution in [1.29, 1.82) is 0 Å². The van der Waals surface area contributed by atoms with Crippen molar-refractivity contribution >= 4 is 40.9 Å². The van der Waals surface area contributed by atoms with Crippen LogP contribution in [0.1, 0.15) is 13.3 Å². The van der Waals surface area contributed by atoms with Gasteiger partial charge in [0.05, 0.1) is 0 Å². The Labute approximate surface area is 70.7 Å². The van der Waals surface area contributed by atoms with Gasteiger partial charge in [0.15, 0.2) is 10.2 Å². The van der Waals surface area contributed by atoms with Crippen LogP contribution in [-0.4, -0.2) is 16.4 Å². The summed E-state index contributed by atoms with van der Waals surface area (Å²) < 4.78 is 0. The molecule has 3 N–H and O–H groups in total. The number of hydrogen-bond donors (Lipinski definition) is 2. The molecule has 0 aliphatic carbocycles. The lowest BCUT2D eigenvalue weighted by atomic mass is 10.5. The topological polar surface area (TPSA) is 50.4 Å². The Morgan fingerprint density at radius 2 is 2.30 bits per heavy atom. The number of rotatable bonds is 1. The number of nitrogens with two attached hydrogens (primary N) is 1. The molecule has 0 aromatic carbocycles. The third-order valence-corrected chi connectivity index (χ3v) is 0.931. The summed E-state index contributed by atoms with van der Waals surface area (Å²) >= 11 is 9.25. The third-order valence-electron chi connectivity index (χ3n) is 0.621. The van der Waals surface area contributed by atoms with Crippen molar-refractivity contribution in [1.82, 2.24) is 5.32 Å². The van der Waals surface area contributed by atoms with E-state index in [9.17, 15) is 0 Å². The van der Waals surface area contributed by atoms with Gasteiger partial charge in [-0.25, -0.2) is 4.99 Å². The Hall–Kier alpha value is -0.550. The Balaban J connectivity index is 3.64. The van der Waals surface area contributed by atoms with E-state index in [0.29, 0.717) is 5.11 Å². The molecule has 0 amide bonds. The molecule has 0 aromatic heterocycles. The number of thiocarbonyl (C=S) groups is 2. The fourth-order valence-electron chi connectivity index (χ4n) is 0.312. The van der Waals surface area contributed by atoms with Gasteiger partial charge in [-0.2, -0.15) is 0 Å². The maximum absolute atomic E-state index is 5.12. The molecule has 3 nitrogen and oxygen atoms in total. The Bertz CT molecular complexity index is 164. The van der Waals surface area contributed by atoms with Crippen LogP contribution in [0.3, 0.4) is 0 Å². The summed E-state index contributed by atoms with van der Waals surface area (Å²) in [5.74, 6) is 0. The van der Waals surface area contributed by atoms with Gasteiger partial charge in [0.1, 0.15) is 0 Å². The first-order valence-electron chi connectivity index (χ1n) is 2.79. The van der Waals surface area contributed by atoms with E-state index in [4.69, 9.17) is 18.0 Å². The van der Waals surface area contributed by atoms with Crippen LogP contribution in [0.25, 0.3) is 0 Å². The summed E-state index contributed by atoms with van der Waals surface area (Å²) in [7, 11) is 0. The second-order valence-corrected chi connectivity index (χ2v) is 2.34. The van der Waals surface area contributed by atoms with Crippen LogP contribution in [0.2, 0.25) is 0 Å². The van der Waals surface area contributed by atoms with E-state index >= 15 is 0 Å². The molecular weight excluding hydrogens is 166 g/mol. The lowest BCUT2D eigenvalue weighted by Gasteiger charge is -1.97. The van der Waals surface area contributed by atoms with Crippen molar-refractivity contribution in [3.63, 3.8) is 0 Å². The first-order chi connectivity index (χ1) is 4.66. The van der Waals surface area contributed by atoms with Gasteiger partial charge < -0.3 is 11.1 Å². The molecule has 0 rings (SSSR count). The molecule has 0 saturated carbocycles. The summed E-state index contributed by atoms with van der Waals surface area (Å²) in [6.07, 6.45) is 2.53. The fourth-order valence-corrected chi connectivity index (χ4v) is 0.658. The minimum absolute atomic E-state index is 0.151. The molecule has 0 spiro atoms. The molecule has 0 heterocycles. The van der Waals surface area contributed by atoms with Crippen LogP contribution in [0.4, 0.5) is 0 Å². The molecule has 0 fully saturated rings. The molecule has 56 valence electrons. The second kappa shape index (κ2) is 5.25. The van der Waals surface area contributed by atoms with Gasteiger partial charge in [-0.15, -0.1) is 0 Å². The lowest BCUT2D eigenvalue weighted by Crippen LogP contribution is -2.32. The van der Waals surface area contributed by atoms with E-state index in [-0.39, 0.29) is 5.11 Å². The zero-order valence-corrected chi connectivity index (χ0v) is 7.26. The van der Waals surface area contributed by atoms with E-state index in [1.54, 1.807) is 6.21 Å². The highest BCUT2D eigenvalue weighted by Crippen LogP contribution is 1.75. The molecule has 0 radical (unpaired) electrons. The van der Waals surface area contributed by atoms with E-state index in [1.165, 1.54) is 0 Å². The van der Waals surface area contributed by atoms with E-state index in [1.807, 2.05) is 6.92 Å². The predicted octanol–water partition coefficient (Wildman–Crippen LogP) is 0.585. The first kappa shape index (κ1) is 9.45. The number of nitrogens with one attached hydrogen (secondary N) is 1. The smallest absolute Gasteiger partial charge is 0.198 e. The average molecular weight is 175 g/mol. The zero-order valence-electron chi connectivity index (χ0n) is 5.63. The highest BCUT2D eigenvalue weighted by Gasteiger charge is 1.89. The maximum Gasteiger partial charge on any atom is 0.198 e. The first-order valence-corrected chi connectivity index (χ1v) is 3.61. The molecule has 0 saturated heterocycles. The van der Waals surface area contributed by atoms with Crippen LogP contribution in [0, 0.1) is 0 Å². The summed E-state index contributed by atoms with van der Waals surface area (Å²) in [6, 6.07) is 0. The van der Waals surface area contributed by atoms with Gasteiger partial charge in [0.25, 0.3) is 0 Å². The quantitative estimate of drug-likeness (QED) is 0.452. The standard InChI is InChI=1S/C5H9N3S2/c1-2-3-7-5(10)8-4(6)9/h3H,2H2,1H3,(H3,6,8,9,10)/b7-3-. The van der Waals surface area contributed by atoms with Crippen LogP contribution in [0.15, 0.2) is 4.99 Å². The van der Waals surface area contributed by atoms with Gasteiger partial charge in [-0.3, -0.25) is 0 Å². The van der Waals surface area contributed by atoms with Crippen LogP contribution < -0.4 is 11.1 Å². The van der Waals surface area contributed by atoms with Gasteiger partial charge in [-0.05, 0) is 30.9 Å². The van der Waals surface area contributed by atoms with Gasteiger partial charge in [0, 0.05) is 6.21 Å². The number of aliphatic imine (C=N–C) groups is 1. The fraction of sp³-hybridized carbons (Fsp3) is 0.400. The second-order valence-electron chi connectivity index (χ2n) is 1.51. The zero-order chi connectivity index (χ0) is 7.98. The van der Waals surface area contributed by atoms with Crippen molar-refractivity contribution in [2.75, 3.05) is 0 Å². The molecule has 0 aliphatic heterocycles. The van der Waals surface area contributed by atoms with Crippen molar-refractivity contribution < 1.29 is 0 Å². The maximum atomic E-state index is 5.12. The summed E-state index contributed by atoms with van der Waals surface area (Å²) in [5, 5.41) is 2.99. The van der Waals surface area contributed by atoms with E-state index in [0.717, 1.165) is 6.42 Å². The van der Waals surface area contributed by atoms with Gasteiger partial charge in [-0.1, -0.05) is 6.92 Å². The van der Waals surface area contributed by atoms with E-state index < -0.39 is 0 Å². The molecule has 0 unspecified atom stereocenters. The normalized spacial score (nSPS) is 9.70. The minimum Gasteiger partial charge on any atom is -0.376 e. The molecule has 0 bridgehead atoms. The molecular formula is C5H9N3S2. The largest absolute Gasteiger partial charge is 0.376 e. The average Bonchev–Trinajstić information content (AvgIpc) is 1.82. The Morgan fingerprint density at radius 1 is 1.70 bits per heavy atom. The Morgan fingerprint density at radius 3 is 2.70 bits per heavy atom. The summed E-state index contributed by atoms with van der Waals surface area (Å²) in [5.41, 5.74) is 5.12. The minimum atomic E-state index is 0.151. The SMILES string of the molecule is CC/C=N\C(=S)NC(N)=S. The molecule has 5 heteroatoms. The summed E-state index contributed by atoms with van der Waals surface area (Å²) in [6.45, 7) is 1.97. The molecule has 0 aliphatic rings. The van der Waals surface area contributed by atoms with Crippen molar-refractivity contribution in [2.45, 2.75) is 13.3 Å². The predicted molar refractivity (Wildman–Crippen MR) is 51.3 cm³/mol. The van der Waals surface area contributed by atoms with Gasteiger partial charge in [0.2, 0.25) is 0 Å². The van der Waals surface area contributed by atoms with Gasteiger partial charge >= 0.3 is 0 Å². The molecule has 10 heavy (non-hydrogen) atoms. The number of nitrogens with zero attached hydrogens (tertiary/aromatic N) is 1. The van der Waals surface area contributed by atoms with E-state index in [2.05, 4.69) is 22.5 Å². The monoisotopic (exact) mass is 175 g/mol.